The number of rotatable bonds is 3. The van der Waals surface area contributed by atoms with Gasteiger partial charge in [0.2, 0.25) is 0 Å². The van der Waals surface area contributed by atoms with Gasteiger partial charge in [-0.2, -0.15) is 0 Å². The van der Waals surface area contributed by atoms with Crippen LogP contribution < -0.4 is 0 Å². The molecular weight excluding hydrogens is 240 g/mol. The Morgan fingerprint density at radius 2 is 1.50 bits per heavy atom. The Morgan fingerprint density at radius 3 is 1.95 bits per heavy atom. The van der Waals surface area contributed by atoms with Crippen molar-refractivity contribution in [1.82, 2.24) is 0 Å². The third-order valence-electron chi connectivity index (χ3n) is 3.16. The number of hydrogen-bond acceptors (Lipinski definition) is 0. The van der Waals surface area contributed by atoms with E-state index in [0.29, 0.717) is 0 Å². The van der Waals surface area contributed by atoms with E-state index in [1.807, 2.05) is 6.07 Å². The second-order valence-corrected chi connectivity index (χ2v) is 7.44. The second-order valence-electron chi connectivity index (χ2n) is 7.44. The zero-order valence-corrected chi connectivity index (χ0v) is 13.8. The van der Waals surface area contributed by atoms with Crippen molar-refractivity contribution in [3.8, 4) is 0 Å². The van der Waals surface area contributed by atoms with Crippen molar-refractivity contribution < 1.29 is 0 Å². The van der Waals surface area contributed by atoms with Gasteiger partial charge in [0.25, 0.3) is 0 Å². The van der Waals surface area contributed by atoms with Crippen LogP contribution in [0.15, 0.2) is 60.7 Å². The Morgan fingerprint density at radius 1 is 0.950 bits per heavy atom. The van der Waals surface area contributed by atoms with Crippen LogP contribution in [0.4, 0.5) is 0 Å². The van der Waals surface area contributed by atoms with Crippen LogP contribution in [-0.2, 0) is 0 Å². The largest absolute Gasteiger partial charge is 0.0953 e. The fourth-order valence-corrected chi connectivity index (χ4v) is 1.60. The highest BCUT2D eigenvalue weighted by atomic mass is 14.2. The van der Waals surface area contributed by atoms with E-state index in [1.165, 1.54) is 11.1 Å². The Bertz CT molecular complexity index is 499. The van der Waals surface area contributed by atoms with Gasteiger partial charge in [-0.25, -0.2) is 0 Å². The van der Waals surface area contributed by atoms with Gasteiger partial charge in [-0.1, -0.05) is 96.7 Å². The summed E-state index contributed by atoms with van der Waals surface area (Å²) < 4.78 is 0. The van der Waals surface area contributed by atoms with Gasteiger partial charge in [-0.3, -0.25) is 0 Å². The maximum atomic E-state index is 4.23. The quantitative estimate of drug-likeness (QED) is 0.566. The van der Waals surface area contributed by atoms with E-state index >= 15 is 0 Å². The first-order valence-electron chi connectivity index (χ1n) is 7.25. The zero-order chi connectivity index (χ0) is 15.4. The van der Waals surface area contributed by atoms with Gasteiger partial charge in [0.05, 0.1) is 0 Å². The van der Waals surface area contributed by atoms with Crippen LogP contribution in [0.2, 0.25) is 0 Å². The average molecular weight is 268 g/mol. The van der Waals surface area contributed by atoms with Gasteiger partial charge in [0.1, 0.15) is 0 Å². The van der Waals surface area contributed by atoms with E-state index < -0.39 is 0 Å². The van der Waals surface area contributed by atoms with Crippen LogP contribution in [0.3, 0.4) is 0 Å². The van der Waals surface area contributed by atoms with E-state index in [9.17, 15) is 0 Å². The molecule has 0 spiro atoms. The Hall–Kier alpha value is -1.56. The summed E-state index contributed by atoms with van der Waals surface area (Å²) in [4.78, 5) is 0. The van der Waals surface area contributed by atoms with Crippen molar-refractivity contribution in [2.45, 2.75) is 41.5 Å². The first kappa shape index (κ1) is 16.5. The van der Waals surface area contributed by atoms with Gasteiger partial charge in [0, 0.05) is 0 Å². The Kier molecular flexibility index (Phi) is 5.16. The third kappa shape index (κ3) is 5.61. The molecule has 108 valence electrons. The SMILES string of the molecule is C=C(/C=C(/C=C\C(C)(C)C)c1ccccc1)C(C)(C)C. The van der Waals surface area contributed by atoms with Gasteiger partial charge >= 0.3 is 0 Å². The van der Waals surface area contributed by atoms with Crippen LogP contribution >= 0.6 is 0 Å². The normalized spacial score (nSPS) is 13.8. The van der Waals surface area contributed by atoms with Crippen molar-refractivity contribution in [3.05, 3.63) is 66.3 Å². The molecule has 0 aliphatic heterocycles. The fourth-order valence-electron chi connectivity index (χ4n) is 1.60. The first-order chi connectivity index (χ1) is 9.09. The van der Waals surface area contributed by atoms with Crippen molar-refractivity contribution in [2.75, 3.05) is 0 Å². The molecule has 1 aromatic rings. The summed E-state index contributed by atoms with van der Waals surface area (Å²) in [5.41, 5.74) is 3.88. The molecule has 0 radical (unpaired) electrons. The minimum absolute atomic E-state index is 0.0929. The average Bonchev–Trinajstić information content (AvgIpc) is 2.33. The topological polar surface area (TPSA) is 0 Å². The molecule has 0 atom stereocenters. The van der Waals surface area contributed by atoms with Crippen molar-refractivity contribution in [2.24, 2.45) is 10.8 Å². The lowest BCUT2D eigenvalue weighted by atomic mass is 9.85. The van der Waals surface area contributed by atoms with E-state index in [2.05, 4.69) is 90.6 Å². The zero-order valence-electron chi connectivity index (χ0n) is 13.8. The molecule has 0 amide bonds. The van der Waals surface area contributed by atoms with Crippen LogP contribution in [-0.4, -0.2) is 0 Å². The van der Waals surface area contributed by atoms with Crippen LogP contribution in [0, 0.1) is 10.8 Å². The number of allylic oxidation sites excluding steroid dienone is 5. The molecule has 0 saturated heterocycles. The predicted molar refractivity (Wildman–Crippen MR) is 91.6 cm³/mol. The summed E-state index contributed by atoms with van der Waals surface area (Å²) in [6, 6.07) is 10.5. The lowest BCUT2D eigenvalue weighted by Gasteiger charge is -2.20. The molecule has 0 heteroatoms. The summed E-state index contributed by atoms with van der Waals surface area (Å²) in [6.45, 7) is 17.5. The van der Waals surface area contributed by atoms with Gasteiger partial charge in [-0.15, -0.1) is 0 Å². The standard InChI is InChI=1S/C20H28/c1-16(20(5,6)7)15-18(13-14-19(2,3)4)17-11-9-8-10-12-17/h8-15H,1H2,2-7H3/b14-13-,18-15-. The highest BCUT2D eigenvalue weighted by molar-refractivity contribution is 5.76. The molecule has 0 saturated carbocycles. The molecule has 1 rings (SSSR count). The maximum Gasteiger partial charge on any atom is -0.0137 e. The Labute approximate surface area is 124 Å². The van der Waals surface area contributed by atoms with Gasteiger partial charge in [-0.05, 0) is 27.5 Å². The smallest absolute Gasteiger partial charge is 0.0137 e. The minimum atomic E-state index is 0.0929. The molecule has 0 unspecified atom stereocenters. The van der Waals surface area contributed by atoms with Crippen molar-refractivity contribution in [3.63, 3.8) is 0 Å². The summed E-state index contributed by atoms with van der Waals surface area (Å²) in [6.07, 6.45) is 6.67. The van der Waals surface area contributed by atoms with E-state index in [0.717, 1.165) is 5.57 Å². The van der Waals surface area contributed by atoms with Crippen LogP contribution in [0.5, 0.6) is 0 Å². The molecule has 0 aliphatic rings. The van der Waals surface area contributed by atoms with Crippen molar-refractivity contribution in [1.29, 1.82) is 0 Å². The summed E-state index contributed by atoms with van der Waals surface area (Å²) in [5, 5.41) is 0. The monoisotopic (exact) mass is 268 g/mol. The number of hydrogen-bond donors (Lipinski definition) is 0. The number of benzene rings is 1. The first-order valence-corrected chi connectivity index (χ1v) is 7.25. The van der Waals surface area contributed by atoms with Crippen LogP contribution in [0.25, 0.3) is 5.57 Å². The van der Waals surface area contributed by atoms with E-state index in [-0.39, 0.29) is 10.8 Å². The second kappa shape index (κ2) is 6.26. The predicted octanol–water partition coefficient (Wildman–Crippen LogP) is 6.27. The van der Waals surface area contributed by atoms with E-state index in [1.54, 1.807) is 0 Å². The third-order valence-corrected chi connectivity index (χ3v) is 3.16. The molecule has 0 aliphatic carbocycles. The van der Waals surface area contributed by atoms with Crippen LogP contribution in [0.1, 0.15) is 47.1 Å². The molecule has 0 bridgehead atoms. The molecule has 0 N–H and O–H groups in total. The van der Waals surface area contributed by atoms with Gasteiger partial charge in [0.15, 0.2) is 0 Å². The molecule has 1 aromatic carbocycles. The maximum absolute atomic E-state index is 4.23. The molecular formula is C20H28. The molecule has 20 heavy (non-hydrogen) atoms. The molecule has 0 fully saturated rings. The molecule has 0 nitrogen and oxygen atoms in total. The minimum Gasteiger partial charge on any atom is -0.0953 e. The highest BCUT2D eigenvalue weighted by Crippen LogP contribution is 2.29. The highest BCUT2D eigenvalue weighted by Gasteiger charge is 2.14. The van der Waals surface area contributed by atoms with Gasteiger partial charge < -0.3 is 0 Å². The molecule has 0 heterocycles. The lowest BCUT2D eigenvalue weighted by Crippen LogP contribution is -2.06. The lowest BCUT2D eigenvalue weighted by molar-refractivity contribution is 0.519. The Balaban J connectivity index is 3.19. The van der Waals surface area contributed by atoms with Crippen molar-refractivity contribution >= 4 is 5.57 Å². The summed E-state index contributed by atoms with van der Waals surface area (Å²) in [7, 11) is 0. The molecule has 0 aromatic heterocycles. The van der Waals surface area contributed by atoms with E-state index in [4.69, 9.17) is 0 Å². The summed E-state index contributed by atoms with van der Waals surface area (Å²) in [5.74, 6) is 0. The fraction of sp³-hybridized carbons (Fsp3) is 0.400. The summed E-state index contributed by atoms with van der Waals surface area (Å²) >= 11 is 0.